The first kappa shape index (κ1) is 16.7. The minimum Gasteiger partial charge on any atom is -0.350 e. The highest BCUT2D eigenvalue weighted by Gasteiger charge is 2.30. The van der Waals surface area contributed by atoms with Gasteiger partial charge in [-0.25, -0.2) is 5.10 Å². The van der Waals surface area contributed by atoms with Crippen LogP contribution in [0.25, 0.3) is 0 Å². The Morgan fingerprint density at radius 2 is 2.14 bits per heavy atom. The van der Waals surface area contributed by atoms with E-state index in [9.17, 15) is 9.59 Å². The molecule has 1 aromatic rings. The molecule has 1 aliphatic rings. The summed E-state index contributed by atoms with van der Waals surface area (Å²) in [6, 6.07) is 0.264. The Labute approximate surface area is 131 Å². The number of amides is 1. The lowest BCUT2D eigenvalue weighted by Gasteiger charge is -2.37. The van der Waals surface area contributed by atoms with Crippen molar-refractivity contribution in [2.75, 3.05) is 6.54 Å². The number of H-pyrrole nitrogens is 1. The molecule has 0 radical (unpaired) electrons. The van der Waals surface area contributed by atoms with Gasteiger partial charge in [0, 0.05) is 18.2 Å². The highest BCUT2D eigenvalue weighted by atomic mass is 16.2. The van der Waals surface area contributed by atoms with Gasteiger partial charge in [-0.05, 0) is 52.6 Å². The lowest BCUT2D eigenvalue weighted by atomic mass is 9.99. The topological polar surface area (TPSA) is 78.1 Å². The summed E-state index contributed by atoms with van der Waals surface area (Å²) in [7, 11) is 0. The number of rotatable bonds is 4. The summed E-state index contributed by atoms with van der Waals surface area (Å²) >= 11 is 0. The minimum atomic E-state index is -0.229. The maximum absolute atomic E-state index is 12.5. The number of hydrogen-bond donors (Lipinski definition) is 2. The lowest BCUT2D eigenvalue weighted by molar-refractivity contribution is -0.128. The van der Waals surface area contributed by atoms with Crippen molar-refractivity contribution in [3.8, 4) is 0 Å². The van der Waals surface area contributed by atoms with Gasteiger partial charge in [-0.2, -0.15) is 5.10 Å². The first-order valence-electron chi connectivity index (χ1n) is 8.00. The number of hydrogen-bond acceptors (Lipinski definition) is 4. The molecule has 1 atom stereocenters. The molecule has 1 aliphatic heterocycles. The van der Waals surface area contributed by atoms with Gasteiger partial charge in [0.05, 0.1) is 11.7 Å². The quantitative estimate of drug-likeness (QED) is 0.878. The summed E-state index contributed by atoms with van der Waals surface area (Å²) < 4.78 is 0. The Hall–Kier alpha value is -1.69. The fourth-order valence-corrected chi connectivity index (χ4v) is 3.03. The standard InChI is InChI=1S/C16H26N4O2/c1-10(2)20-8-6-5-7-14(20)16(22)17-9-13-11(3)12(4)18-19-15(13)21/h10,14H,5-9H2,1-4H3,(H,17,22)(H,19,21). The second kappa shape index (κ2) is 7.05. The van der Waals surface area contributed by atoms with Crippen molar-refractivity contribution in [2.45, 2.75) is 65.6 Å². The Morgan fingerprint density at radius 3 is 2.82 bits per heavy atom. The molecular formula is C16H26N4O2. The number of nitrogens with one attached hydrogen (secondary N) is 2. The average Bonchev–Trinajstić information content (AvgIpc) is 2.50. The normalized spacial score (nSPS) is 19.4. The maximum Gasteiger partial charge on any atom is 0.269 e. The van der Waals surface area contributed by atoms with Crippen molar-refractivity contribution in [2.24, 2.45) is 0 Å². The molecule has 122 valence electrons. The van der Waals surface area contributed by atoms with Crippen LogP contribution in [0.5, 0.6) is 0 Å². The molecule has 2 heterocycles. The fourth-order valence-electron chi connectivity index (χ4n) is 3.03. The second-order valence-electron chi connectivity index (χ2n) is 6.30. The number of likely N-dealkylation sites (tertiary alicyclic amines) is 1. The third-order valence-corrected chi connectivity index (χ3v) is 4.54. The summed E-state index contributed by atoms with van der Waals surface area (Å²) in [5.41, 5.74) is 1.99. The van der Waals surface area contributed by atoms with Crippen molar-refractivity contribution in [3.63, 3.8) is 0 Å². The SMILES string of the molecule is Cc1n[nH]c(=O)c(CNC(=O)C2CCCCN2C(C)C)c1C. The average molecular weight is 306 g/mol. The molecule has 6 nitrogen and oxygen atoms in total. The molecule has 0 bridgehead atoms. The number of aromatic amines is 1. The van der Waals surface area contributed by atoms with Crippen LogP contribution in [0, 0.1) is 13.8 Å². The van der Waals surface area contributed by atoms with E-state index in [0.29, 0.717) is 11.6 Å². The van der Waals surface area contributed by atoms with Gasteiger partial charge in [-0.3, -0.25) is 14.5 Å². The molecule has 2 N–H and O–H groups in total. The van der Waals surface area contributed by atoms with Crippen molar-refractivity contribution >= 4 is 5.91 Å². The van der Waals surface area contributed by atoms with Crippen LogP contribution in [0.2, 0.25) is 0 Å². The molecule has 0 saturated carbocycles. The van der Waals surface area contributed by atoms with Gasteiger partial charge in [0.15, 0.2) is 0 Å². The summed E-state index contributed by atoms with van der Waals surface area (Å²) in [6.45, 7) is 9.16. The zero-order valence-electron chi connectivity index (χ0n) is 13.9. The molecular weight excluding hydrogens is 280 g/mol. The van der Waals surface area contributed by atoms with Crippen LogP contribution in [-0.4, -0.2) is 39.6 Å². The van der Waals surface area contributed by atoms with Crippen LogP contribution < -0.4 is 10.9 Å². The molecule has 1 amide bonds. The van der Waals surface area contributed by atoms with Crippen LogP contribution >= 0.6 is 0 Å². The van der Waals surface area contributed by atoms with Gasteiger partial charge in [0.25, 0.3) is 5.56 Å². The Balaban J connectivity index is 2.06. The third kappa shape index (κ3) is 3.55. The predicted octanol–water partition coefficient (Wildman–Crippen LogP) is 1.27. The maximum atomic E-state index is 12.5. The monoisotopic (exact) mass is 306 g/mol. The van der Waals surface area contributed by atoms with Gasteiger partial charge >= 0.3 is 0 Å². The molecule has 1 unspecified atom stereocenters. The van der Waals surface area contributed by atoms with E-state index in [1.807, 2.05) is 13.8 Å². The molecule has 0 aliphatic carbocycles. The van der Waals surface area contributed by atoms with Crippen LogP contribution in [0.4, 0.5) is 0 Å². The molecule has 6 heteroatoms. The smallest absolute Gasteiger partial charge is 0.269 e. The summed E-state index contributed by atoms with van der Waals surface area (Å²) in [4.78, 5) is 26.6. The largest absolute Gasteiger partial charge is 0.350 e. The van der Waals surface area contributed by atoms with Crippen LogP contribution in [0.1, 0.15) is 49.9 Å². The van der Waals surface area contributed by atoms with Crippen LogP contribution in [-0.2, 0) is 11.3 Å². The zero-order chi connectivity index (χ0) is 16.3. The van der Waals surface area contributed by atoms with Crippen molar-refractivity contribution in [1.82, 2.24) is 20.4 Å². The number of piperidine rings is 1. The molecule has 1 aromatic heterocycles. The Morgan fingerprint density at radius 1 is 1.41 bits per heavy atom. The third-order valence-electron chi connectivity index (χ3n) is 4.54. The van der Waals surface area contributed by atoms with E-state index in [2.05, 4.69) is 34.3 Å². The van der Waals surface area contributed by atoms with Gasteiger partial charge in [0.2, 0.25) is 5.91 Å². The highest BCUT2D eigenvalue weighted by Crippen LogP contribution is 2.19. The van der Waals surface area contributed by atoms with E-state index < -0.39 is 0 Å². The molecule has 0 aromatic carbocycles. The molecule has 2 rings (SSSR count). The van der Waals surface area contributed by atoms with E-state index in [4.69, 9.17) is 0 Å². The number of aromatic nitrogens is 2. The van der Waals surface area contributed by atoms with Crippen LogP contribution in [0.3, 0.4) is 0 Å². The molecule has 0 spiro atoms. The van der Waals surface area contributed by atoms with E-state index in [0.717, 1.165) is 37.1 Å². The zero-order valence-corrected chi connectivity index (χ0v) is 13.9. The van der Waals surface area contributed by atoms with Gasteiger partial charge in [-0.15, -0.1) is 0 Å². The summed E-state index contributed by atoms with van der Waals surface area (Å²) in [6.07, 6.45) is 3.11. The van der Waals surface area contributed by atoms with Gasteiger partial charge < -0.3 is 5.32 Å². The Bertz CT molecular complexity index is 594. The minimum absolute atomic E-state index is 0.0154. The Kier molecular flexibility index (Phi) is 5.34. The van der Waals surface area contributed by atoms with E-state index in [1.165, 1.54) is 0 Å². The highest BCUT2D eigenvalue weighted by molar-refractivity contribution is 5.81. The van der Waals surface area contributed by atoms with E-state index in [-0.39, 0.29) is 24.1 Å². The van der Waals surface area contributed by atoms with E-state index >= 15 is 0 Å². The van der Waals surface area contributed by atoms with Crippen molar-refractivity contribution in [1.29, 1.82) is 0 Å². The summed E-state index contributed by atoms with van der Waals surface area (Å²) in [5, 5.41) is 9.34. The molecule has 1 saturated heterocycles. The number of nitrogens with zero attached hydrogens (tertiary/aromatic N) is 2. The van der Waals surface area contributed by atoms with Gasteiger partial charge in [-0.1, -0.05) is 6.42 Å². The predicted molar refractivity (Wildman–Crippen MR) is 85.7 cm³/mol. The number of carbonyl (C=O) groups excluding carboxylic acids is 1. The number of carbonyl (C=O) groups is 1. The summed E-state index contributed by atoms with van der Waals surface area (Å²) in [5.74, 6) is 0.0154. The number of aryl methyl sites for hydroxylation is 1. The fraction of sp³-hybridized carbons (Fsp3) is 0.688. The first-order chi connectivity index (χ1) is 10.4. The van der Waals surface area contributed by atoms with Gasteiger partial charge in [0.1, 0.15) is 0 Å². The van der Waals surface area contributed by atoms with Crippen molar-refractivity contribution < 1.29 is 4.79 Å². The van der Waals surface area contributed by atoms with Crippen molar-refractivity contribution in [3.05, 3.63) is 27.2 Å². The molecule has 22 heavy (non-hydrogen) atoms. The van der Waals surface area contributed by atoms with E-state index in [1.54, 1.807) is 0 Å². The molecule has 1 fully saturated rings. The lowest BCUT2D eigenvalue weighted by Crippen LogP contribution is -2.52. The first-order valence-corrected chi connectivity index (χ1v) is 8.00. The van der Waals surface area contributed by atoms with Crippen LogP contribution in [0.15, 0.2) is 4.79 Å². The second-order valence-corrected chi connectivity index (χ2v) is 6.30.